The molecule has 2 aromatic rings. The maximum absolute atomic E-state index is 13.4. The zero-order chi connectivity index (χ0) is 17.4. The predicted octanol–water partition coefficient (Wildman–Crippen LogP) is 1.99. The minimum Gasteiger partial charge on any atom is -0.480 e. The summed E-state index contributed by atoms with van der Waals surface area (Å²) < 4.78 is 13.4. The summed E-state index contributed by atoms with van der Waals surface area (Å²) in [7, 11) is 0. The van der Waals surface area contributed by atoms with Crippen LogP contribution in [-0.4, -0.2) is 39.5 Å². The molecule has 0 bridgehead atoms. The van der Waals surface area contributed by atoms with Crippen molar-refractivity contribution >= 4 is 22.8 Å². The first-order chi connectivity index (χ1) is 11.4. The summed E-state index contributed by atoms with van der Waals surface area (Å²) in [5.74, 6) is -1.90. The average Bonchev–Trinajstić information content (AvgIpc) is 2.52. The Morgan fingerprint density at radius 3 is 2.79 bits per heavy atom. The molecular weight excluding hydrogens is 315 g/mol. The number of rotatable bonds is 2. The van der Waals surface area contributed by atoms with E-state index in [2.05, 4.69) is 4.98 Å². The molecular formula is C17H17FN2O4. The summed E-state index contributed by atoms with van der Waals surface area (Å²) in [6.07, 6.45) is 1.07. The first kappa shape index (κ1) is 16.2. The lowest BCUT2D eigenvalue weighted by Crippen LogP contribution is -2.50. The third-order valence-corrected chi connectivity index (χ3v) is 4.45. The Kier molecular flexibility index (Phi) is 4.09. The fourth-order valence-electron chi connectivity index (χ4n) is 3.18. The van der Waals surface area contributed by atoms with E-state index in [4.69, 9.17) is 0 Å². The van der Waals surface area contributed by atoms with Crippen molar-refractivity contribution < 1.29 is 19.1 Å². The monoisotopic (exact) mass is 332 g/mol. The van der Waals surface area contributed by atoms with E-state index in [9.17, 15) is 23.9 Å². The number of benzene rings is 1. The standard InChI is InChI=1S/C17H17FN2O4/c1-9-4-5-20(14(6-9)17(23)24)16(22)12-8-15(21)19-13-7-10(18)2-3-11(12)13/h2-3,7-9,14H,4-6H2,1H3,(H,19,21)(H,23,24). The number of carboxylic acid groups (broad SMARTS) is 1. The number of aliphatic carboxylic acids is 1. The molecule has 1 saturated heterocycles. The van der Waals surface area contributed by atoms with Gasteiger partial charge in [-0.25, -0.2) is 9.18 Å². The fourth-order valence-corrected chi connectivity index (χ4v) is 3.18. The van der Waals surface area contributed by atoms with Gasteiger partial charge in [-0.1, -0.05) is 6.92 Å². The van der Waals surface area contributed by atoms with Crippen LogP contribution < -0.4 is 5.56 Å². The van der Waals surface area contributed by atoms with Crippen molar-refractivity contribution in [3.63, 3.8) is 0 Å². The molecule has 1 aliphatic heterocycles. The smallest absolute Gasteiger partial charge is 0.326 e. The molecule has 3 rings (SSSR count). The number of likely N-dealkylation sites (tertiary alicyclic amines) is 1. The van der Waals surface area contributed by atoms with Gasteiger partial charge in [0.15, 0.2) is 0 Å². The number of halogens is 1. The van der Waals surface area contributed by atoms with E-state index >= 15 is 0 Å². The lowest BCUT2D eigenvalue weighted by molar-refractivity contribution is -0.144. The van der Waals surface area contributed by atoms with Crippen LogP contribution in [0.3, 0.4) is 0 Å². The van der Waals surface area contributed by atoms with Crippen molar-refractivity contribution in [2.75, 3.05) is 6.54 Å². The zero-order valence-electron chi connectivity index (χ0n) is 13.1. The molecule has 0 aliphatic carbocycles. The van der Waals surface area contributed by atoms with Gasteiger partial charge in [0, 0.05) is 18.0 Å². The molecule has 0 saturated carbocycles. The second-order valence-corrected chi connectivity index (χ2v) is 6.22. The minimum absolute atomic E-state index is 0.0922. The van der Waals surface area contributed by atoms with Gasteiger partial charge in [0.1, 0.15) is 11.9 Å². The van der Waals surface area contributed by atoms with E-state index in [0.717, 1.165) is 12.1 Å². The molecule has 2 heterocycles. The number of carbonyl (C=O) groups is 2. The van der Waals surface area contributed by atoms with Gasteiger partial charge in [-0.3, -0.25) is 9.59 Å². The molecule has 0 radical (unpaired) electrons. The second kappa shape index (κ2) is 6.07. The van der Waals surface area contributed by atoms with Crippen molar-refractivity contribution in [3.05, 3.63) is 46.0 Å². The number of piperidine rings is 1. The number of fused-ring (bicyclic) bond motifs is 1. The van der Waals surface area contributed by atoms with Crippen LogP contribution in [0.1, 0.15) is 30.1 Å². The van der Waals surface area contributed by atoms with Gasteiger partial charge >= 0.3 is 5.97 Å². The maximum Gasteiger partial charge on any atom is 0.326 e. The molecule has 1 fully saturated rings. The van der Waals surface area contributed by atoms with Crippen LogP contribution in [-0.2, 0) is 4.79 Å². The van der Waals surface area contributed by atoms with Gasteiger partial charge < -0.3 is 15.0 Å². The van der Waals surface area contributed by atoms with Gasteiger partial charge in [-0.05, 0) is 37.0 Å². The van der Waals surface area contributed by atoms with Gasteiger partial charge in [-0.2, -0.15) is 0 Å². The summed E-state index contributed by atoms with van der Waals surface area (Å²) in [6, 6.07) is 3.97. The van der Waals surface area contributed by atoms with Gasteiger partial charge in [0.2, 0.25) is 5.56 Å². The Bertz CT molecular complexity index is 877. The van der Waals surface area contributed by atoms with Crippen LogP contribution in [0.5, 0.6) is 0 Å². The molecule has 2 unspecified atom stereocenters. The van der Waals surface area contributed by atoms with Crippen LogP contribution in [0, 0.1) is 11.7 Å². The Morgan fingerprint density at radius 1 is 1.33 bits per heavy atom. The predicted molar refractivity (Wildman–Crippen MR) is 85.4 cm³/mol. The van der Waals surface area contributed by atoms with Crippen molar-refractivity contribution in [2.24, 2.45) is 5.92 Å². The zero-order valence-corrected chi connectivity index (χ0v) is 13.1. The topological polar surface area (TPSA) is 90.5 Å². The SMILES string of the molecule is CC1CCN(C(=O)c2cc(=O)[nH]c3cc(F)ccc23)C(C(=O)O)C1. The molecule has 24 heavy (non-hydrogen) atoms. The van der Waals surface area contributed by atoms with Crippen molar-refractivity contribution in [3.8, 4) is 0 Å². The van der Waals surface area contributed by atoms with Crippen LogP contribution in [0.2, 0.25) is 0 Å². The summed E-state index contributed by atoms with van der Waals surface area (Å²) in [5, 5.41) is 9.81. The van der Waals surface area contributed by atoms with Gasteiger partial charge in [-0.15, -0.1) is 0 Å². The number of pyridine rings is 1. The molecule has 2 N–H and O–H groups in total. The Balaban J connectivity index is 2.08. The third-order valence-electron chi connectivity index (χ3n) is 4.45. The van der Waals surface area contributed by atoms with Crippen LogP contribution in [0.4, 0.5) is 4.39 Å². The third kappa shape index (κ3) is 2.89. The van der Waals surface area contributed by atoms with Crippen molar-refractivity contribution in [2.45, 2.75) is 25.8 Å². The Morgan fingerprint density at radius 2 is 2.08 bits per heavy atom. The highest BCUT2D eigenvalue weighted by molar-refractivity contribution is 6.07. The summed E-state index contributed by atoms with van der Waals surface area (Å²) in [6.45, 7) is 2.26. The fraction of sp³-hybridized carbons (Fsp3) is 0.353. The molecule has 1 amide bonds. The van der Waals surface area contributed by atoms with E-state index in [1.165, 1.54) is 17.0 Å². The quantitative estimate of drug-likeness (QED) is 0.880. The Hall–Kier alpha value is -2.70. The van der Waals surface area contributed by atoms with E-state index in [0.29, 0.717) is 24.8 Å². The highest BCUT2D eigenvalue weighted by Gasteiger charge is 2.35. The highest BCUT2D eigenvalue weighted by atomic mass is 19.1. The Labute approximate surface area is 136 Å². The first-order valence-electron chi connectivity index (χ1n) is 7.73. The summed E-state index contributed by atoms with van der Waals surface area (Å²) in [5.41, 5.74) is -0.230. The normalized spacial score (nSPS) is 21.0. The largest absolute Gasteiger partial charge is 0.480 e. The van der Waals surface area contributed by atoms with Crippen LogP contribution >= 0.6 is 0 Å². The molecule has 1 aliphatic rings. The number of aromatic amines is 1. The number of H-pyrrole nitrogens is 1. The molecule has 2 atom stereocenters. The molecule has 126 valence electrons. The van der Waals surface area contributed by atoms with E-state index in [1.807, 2.05) is 6.92 Å². The van der Waals surface area contributed by atoms with Crippen molar-refractivity contribution in [1.82, 2.24) is 9.88 Å². The van der Waals surface area contributed by atoms with E-state index in [1.54, 1.807) is 0 Å². The second-order valence-electron chi connectivity index (χ2n) is 6.22. The summed E-state index contributed by atoms with van der Waals surface area (Å²) in [4.78, 5) is 40.0. The average molecular weight is 332 g/mol. The lowest BCUT2D eigenvalue weighted by atomic mass is 9.91. The molecule has 1 aromatic heterocycles. The number of hydrogen-bond donors (Lipinski definition) is 2. The summed E-state index contributed by atoms with van der Waals surface area (Å²) >= 11 is 0. The number of aromatic nitrogens is 1. The number of hydrogen-bond acceptors (Lipinski definition) is 3. The molecule has 1 aromatic carbocycles. The molecule has 7 heteroatoms. The van der Waals surface area contributed by atoms with Crippen LogP contribution in [0.25, 0.3) is 10.9 Å². The van der Waals surface area contributed by atoms with Gasteiger partial charge in [0.05, 0.1) is 11.1 Å². The maximum atomic E-state index is 13.4. The number of carboxylic acids is 1. The lowest BCUT2D eigenvalue weighted by Gasteiger charge is -2.36. The molecule has 0 spiro atoms. The number of nitrogens with zero attached hydrogens (tertiary/aromatic N) is 1. The van der Waals surface area contributed by atoms with Gasteiger partial charge in [0.25, 0.3) is 5.91 Å². The van der Waals surface area contributed by atoms with E-state index in [-0.39, 0.29) is 17.0 Å². The number of amides is 1. The van der Waals surface area contributed by atoms with Crippen LogP contribution in [0.15, 0.2) is 29.1 Å². The first-order valence-corrected chi connectivity index (χ1v) is 7.73. The number of carbonyl (C=O) groups excluding carboxylic acids is 1. The van der Waals surface area contributed by atoms with E-state index < -0.39 is 29.3 Å². The highest BCUT2D eigenvalue weighted by Crippen LogP contribution is 2.26. The van der Waals surface area contributed by atoms with Crippen molar-refractivity contribution in [1.29, 1.82) is 0 Å². The minimum atomic E-state index is -1.06. The number of nitrogens with one attached hydrogen (secondary N) is 1. The molecule has 6 nitrogen and oxygen atoms in total.